The minimum atomic E-state index is 0.434. The summed E-state index contributed by atoms with van der Waals surface area (Å²) in [7, 11) is 0. The highest BCUT2D eigenvalue weighted by molar-refractivity contribution is 14.1. The molecule has 0 saturated carbocycles. The Labute approximate surface area is 135 Å². The van der Waals surface area contributed by atoms with Gasteiger partial charge in [-0.25, -0.2) is 9.97 Å². The van der Waals surface area contributed by atoms with E-state index in [1.165, 1.54) is 0 Å². The molecule has 1 aromatic carbocycles. The molecule has 0 radical (unpaired) electrons. The SMILES string of the molecule is Cc1ccc(-c2nc(Cl)c(I)c(-c3ccccc3)n2)o1. The Balaban J connectivity index is 2.18. The number of halogens is 2. The summed E-state index contributed by atoms with van der Waals surface area (Å²) < 4.78 is 6.40. The molecule has 3 nitrogen and oxygen atoms in total. The Morgan fingerprint density at radius 1 is 1.05 bits per heavy atom. The first kappa shape index (κ1) is 13.6. The van der Waals surface area contributed by atoms with Crippen molar-refractivity contribution < 1.29 is 4.42 Å². The summed E-state index contributed by atoms with van der Waals surface area (Å²) in [5.74, 6) is 1.94. The summed E-state index contributed by atoms with van der Waals surface area (Å²) in [5, 5.41) is 0.434. The normalized spacial score (nSPS) is 10.8. The molecule has 0 saturated heterocycles. The van der Waals surface area contributed by atoms with E-state index in [1.54, 1.807) is 0 Å². The number of rotatable bonds is 2. The second-order valence-corrected chi connectivity index (χ2v) is 5.71. The first-order valence-electron chi connectivity index (χ1n) is 6.00. The zero-order valence-corrected chi connectivity index (χ0v) is 13.5. The molecule has 3 rings (SSSR count). The van der Waals surface area contributed by atoms with E-state index in [9.17, 15) is 0 Å². The van der Waals surface area contributed by atoms with Crippen LogP contribution in [0.2, 0.25) is 5.15 Å². The van der Waals surface area contributed by atoms with Gasteiger partial charge in [0.1, 0.15) is 10.9 Å². The predicted octanol–water partition coefficient (Wildman–Crippen LogP) is 4.97. The van der Waals surface area contributed by atoms with Gasteiger partial charge in [-0.3, -0.25) is 0 Å². The van der Waals surface area contributed by atoms with E-state index in [1.807, 2.05) is 49.4 Å². The average molecular weight is 397 g/mol. The lowest BCUT2D eigenvalue weighted by atomic mass is 10.1. The van der Waals surface area contributed by atoms with Crippen LogP contribution in [0, 0.1) is 10.5 Å². The van der Waals surface area contributed by atoms with Crippen molar-refractivity contribution in [3.8, 4) is 22.8 Å². The zero-order chi connectivity index (χ0) is 14.1. The van der Waals surface area contributed by atoms with E-state index < -0.39 is 0 Å². The molecule has 0 bridgehead atoms. The maximum Gasteiger partial charge on any atom is 0.197 e. The van der Waals surface area contributed by atoms with Crippen molar-refractivity contribution in [2.75, 3.05) is 0 Å². The van der Waals surface area contributed by atoms with Gasteiger partial charge < -0.3 is 4.42 Å². The number of aryl methyl sites for hydroxylation is 1. The van der Waals surface area contributed by atoms with E-state index in [-0.39, 0.29) is 0 Å². The summed E-state index contributed by atoms with van der Waals surface area (Å²) in [4.78, 5) is 8.89. The number of nitrogens with zero attached hydrogens (tertiary/aromatic N) is 2. The smallest absolute Gasteiger partial charge is 0.197 e. The van der Waals surface area contributed by atoms with Crippen molar-refractivity contribution in [3.05, 3.63) is 56.9 Å². The topological polar surface area (TPSA) is 38.9 Å². The first-order valence-corrected chi connectivity index (χ1v) is 7.46. The fraction of sp³-hybridized carbons (Fsp3) is 0.0667. The van der Waals surface area contributed by atoms with Crippen LogP contribution in [0.25, 0.3) is 22.8 Å². The van der Waals surface area contributed by atoms with Gasteiger partial charge in [0.25, 0.3) is 0 Å². The van der Waals surface area contributed by atoms with Crippen molar-refractivity contribution in [2.45, 2.75) is 6.92 Å². The molecule has 20 heavy (non-hydrogen) atoms. The van der Waals surface area contributed by atoms with Gasteiger partial charge in [0.15, 0.2) is 11.6 Å². The molecule has 0 aliphatic rings. The average Bonchev–Trinajstić information content (AvgIpc) is 2.89. The minimum Gasteiger partial charge on any atom is -0.458 e. The minimum absolute atomic E-state index is 0.434. The van der Waals surface area contributed by atoms with Crippen LogP contribution in [-0.2, 0) is 0 Å². The van der Waals surface area contributed by atoms with Crippen molar-refractivity contribution >= 4 is 34.2 Å². The van der Waals surface area contributed by atoms with Crippen LogP contribution in [0.1, 0.15) is 5.76 Å². The molecule has 2 heterocycles. The predicted molar refractivity (Wildman–Crippen MR) is 87.6 cm³/mol. The number of hydrogen-bond donors (Lipinski definition) is 0. The van der Waals surface area contributed by atoms with Crippen molar-refractivity contribution in [3.63, 3.8) is 0 Å². The van der Waals surface area contributed by atoms with Gasteiger partial charge in [-0.1, -0.05) is 41.9 Å². The molecule has 0 fully saturated rings. The number of benzene rings is 1. The van der Waals surface area contributed by atoms with Gasteiger partial charge in [-0.05, 0) is 41.6 Å². The van der Waals surface area contributed by atoms with Crippen LogP contribution in [0.15, 0.2) is 46.9 Å². The van der Waals surface area contributed by atoms with E-state index in [4.69, 9.17) is 16.0 Å². The van der Waals surface area contributed by atoms with Crippen LogP contribution in [0.3, 0.4) is 0 Å². The van der Waals surface area contributed by atoms with Crippen LogP contribution in [0.5, 0.6) is 0 Å². The van der Waals surface area contributed by atoms with Gasteiger partial charge in [-0.2, -0.15) is 0 Å². The zero-order valence-electron chi connectivity index (χ0n) is 10.6. The Hall–Kier alpha value is -1.40. The van der Waals surface area contributed by atoms with E-state index >= 15 is 0 Å². The lowest BCUT2D eigenvalue weighted by molar-refractivity contribution is 0.544. The summed E-state index contributed by atoms with van der Waals surface area (Å²) in [6.07, 6.45) is 0. The highest BCUT2D eigenvalue weighted by Crippen LogP contribution is 2.30. The molecule has 3 aromatic rings. The van der Waals surface area contributed by atoms with Crippen LogP contribution in [-0.4, -0.2) is 9.97 Å². The molecular weight excluding hydrogens is 387 g/mol. The molecule has 0 atom stereocenters. The Kier molecular flexibility index (Phi) is 3.76. The quantitative estimate of drug-likeness (QED) is 0.453. The molecule has 0 N–H and O–H groups in total. The highest BCUT2D eigenvalue weighted by Gasteiger charge is 2.15. The fourth-order valence-electron chi connectivity index (χ4n) is 1.87. The molecule has 100 valence electrons. The van der Waals surface area contributed by atoms with E-state index in [0.717, 1.165) is 20.6 Å². The molecular formula is C15H10ClIN2O. The van der Waals surface area contributed by atoms with Gasteiger partial charge in [-0.15, -0.1) is 0 Å². The van der Waals surface area contributed by atoms with Gasteiger partial charge in [0.05, 0.1) is 9.26 Å². The first-order chi connectivity index (χ1) is 9.65. The van der Waals surface area contributed by atoms with Crippen LogP contribution in [0.4, 0.5) is 0 Å². The highest BCUT2D eigenvalue weighted by atomic mass is 127. The Morgan fingerprint density at radius 2 is 1.80 bits per heavy atom. The van der Waals surface area contributed by atoms with E-state index in [2.05, 4.69) is 32.6 Å². The molecule has 0 spiro atoms. The summed E-state index contributed by atoms with van der Waals surface area (Å²) >= 11 is 8.39. The number of hydrogen-bond acceptors (Lipinski definition) is 3. The third-order valence-electron chi connectivity index (χ3n) is 2.82. The monoisotopic (exact) mass is 396 g/mol. The Morgan fingerprint density at radius 3 is 2.45 bits per heavy atom. The summed E-state index contributed by atoms with van der Waals surface area (Å²) in [6.45, 7) is 1.88. The second-order valence-electron chi connectivity index (χ2n) is 4.28. The van der Waals surface area contributed by atoms with Crippen LogP contribution >= 0.6 is 34.2 Å². The fourth-order valence-corrected chi connectivity index (χ4v) is 2.59. The van der Waals surface area contributed by atoms with Gasteiger partial charge in [0, 0.05) is 5.56 Å². The molecule has 0 unspecified atom stereocenters. The second kappa shape index (κ2) is 5.54. The molecule has 5 heteroatoms. The third-order valence-corrected chi connectivity index (χ3v) is 4.43. The van der Waals surface area contributed by atoms with Crippen molar-refractivity contribution in [1.29, 1.82) is 0 Å². The van der Waals surface area contributed by atoms with Crippen molar-refractivity contribution in [2.24, 2.45) is 0 Å². The van der Waals surface area contributed by atoms with E-state index in [0.29, 0.717) is 16.7 Å². The van der Waals surface area contributed by atoms with Crippen LogP contribution < -0.4 is 0 Å². The summed E-state index contributed by atoms with van der Waals surface area (Å²) in [6, 6.07) is 13.6. The third kappa shape index (κ3) is 2.58. The standard InChI is InChI=1S/C15H10ClIN2O/c1-9-7-8-11(20-9)15-18-13(12(17)14(16)19-15)10-5-3-2-4-6-10/h2-8H,1H3. The number of furan rings is 1. The lowest BCUT2D eigenvalue weighted by Gasteiger charge is -2.07. The largest absolute Gasteiger partial charge is 0.458 e. The molecule has 0 aliphatic heterocycles. The maximum absolute atomic E-state index is 6.23. The molecule has 0 aliphatic carbocycles. The van der Waals surface area contributed by atoms with Gasteiger partial charge in [0.2, 0.25) is 0 Å². The lowest BCUT2D eigenvalue weighted by Crippen LogP contribution is -1.96. The van der Waals surface area contributed by atoms with Gasteiger partial charge >= 0.3 is 0 Å². The Bertz CT molecular complexity index is 756. The van der Waals surface area contributed by atoms with Crippen molar-refractivity contribution in [1.82, 2.24) is 9.97 Å². The molecule has 0 amide bonds. The summed E-state index contributed by atoms with van der Waals surface area (Å²) in [5.41, 5.74) is 1.82. The molecule has 2 aromatic heterocycles. The maximum atomic E-state index is 6.23. The number of aromatic nitrogens is 2.